The minimum atomic E-state index is -2.51. The van der Waals surface area contributed by atoms with Crippen molar-refractivity contribution in [3.05, 3.63) is 12.7 Å². The summed E-state index contributed by atoms with van der Waals surface area (Å²) in [5.74, 6) is 0. The van der Waals surface area contributed by atoms with Gasteiger partial charge in [-0.15, -0.1) is 6.58 Å². The van der Waals surface area contributed by atoms with Crippen molar-refractivity contribution in [2.75, 3.05) is 19.8 Å². The molecule has 108 valence electrons. The molecule has 0 saturated carbocycles. The summed E-state index contributed by atoms with van der Waals surface area (Å²) in [5.41, 5.74) is 0. The van der Waals surface area contributed by atoms with Gasteiger partial charge in [0.25, 0.3) is 0 Å². The van der Waals surface area contributed by atoms with Crippen LogP contribution in [0.1, 0.15) is 52.9 Å². The standard InChI is InChI=1S/C14H30O3Si/c1-5-9-12-16-18(14-8-4,15-11-7-3)17-13-10-6-2/h8H,4-7,9-14H2,1-3H3. The zero-order valence-electron chi connectivity index (χ0n) is 12.4. The van der Waals surface area contributed by atoms with Crippen molar-refractivity contribution >= 4 is 8.80 Å². The Bertz CT molecular complexity index is 187. The molecule has 0 aromatic heterocycles. The van der Waals surface area contributed by atoms with Crippen LogP contribution in [-0.2, 0) is 13.3 Å². The van der Waals surface area contributed by atoms with Gasteiger partial charge < -0.3 is 13.3 Å². The SMILES string of the molecule is C=CC[Si](OCCC)(OCCCC)OCCCC. The first-order valence-electron chi connectivity index (χ1n) is 7.27. The molecular formula is C14H30O3Si. The fourth-order valence-electron chi connectivity index (χ4n) is 1.48. The van der Waals surface area contributed by atoms with E-state index in [-0.39, 0.29) is 0 Å². The predicted octanol–water partition coefficient (Wildman–Crippen LogP) is 4.17. The minimum Gasteiger partial charge on any atom is -0.373 e. The zero-order chi connectivity index (χ0) is 13.7. The number of rotatable bonds is 13. The van der Waals surface area contributed by atoms with Crippen LogP contribution >= 0.6 is 0 Å². The van der Waals surface area contributed by atoms with Crippen LogP contribution in [0.4, 0.5) is 0 Å². The largest absolute Gasteiger partial charge is 0.504 e. The van der Waals surface area contributed by atoms with Gasteiger partial charge in [-0.3, -0.25) is 0 Å². The van der Waals surface area contributed by atoms with Gasteiger partial charge in [0.2, 0.25) is 0 Å². The third-order valence-electron chi connectivity index (χ3n) is 2.56. The van der Waals surface area contributed by atoms with Crippen molar-refractivity contribution in [2.45, 2.75) is 58.9 Å². The van der Waals surface area contributed by atoms with Crippen molar-refractivity contribution in [3.8, 4) is 0 Å². The molecule has 0 N–H and O–H groups in total. The Morgan fingerprint density at radius 1 is 0.833 bits per heavy atom. The van der Waals surface area contributed by atoms with E-state index in [9.17, 15) is 0 Å². The molecule has 0 fully saturated rings. The van der Waals surface area contributed by atoms with Gasteiger partial charge in [-0.2, -0.15) is 0 Å². The maximum absolute atomic E-state index is 5.98. The molecule has 0 rings (SSSR count). The second kappa shape index (κ2) is 11.9. The van der Waals surface area contributed by atoms with Crippen molar-refractivity contribution in [2.24, 2.45) is 0 Å². The molecule has 0 aliphatic carbocycles. The fourth-order valence-corrected chi connectivity index (χ4v) is 3.86. The molecule has 0 amide bonds. The summed E-state index contributed by atoms with van der Waals surface area (Å²) < 4.78 is 17.9. The topological polar surface area (TPSA) is 27.7 Å². The molecule has 4 heteroatoms. The molecule has 18 heavy (non-hydrogen) atoms. The van der Waals surface area contributed by atoms with Gasteiger partial charge in [-0.05, 0) is 19.3 Å². The van der Waals surface area contributed by atoms with Crippen LogP contribution in [0.5, 0.6) is 0 Å². The Balaban J connectivity index is 4.39. The van der Waals surface area contributed by atoms with E-state index in [1.807, 2.05) is 6.08 Å². The highest BCUT2D eigenvalue weighted by Gasteiger charge is 2.39. The summed E-state index contributed by atoms with van der Waals surface area (Å²) in [6.45, 7) is 12.4. The van der Waals surface area contributed by atoms with E-state index in [2.05, 4.69) is 27.4 Å². The normalized spacial score (nSPS) is 11.7. The van der Waals surface area contributed by atoms with Gasteiger partial charge in [-0.25, -0.2) is 0 Å². The van der Waals surface area contributed by atoms with Gasteiger partial charge in [0.1, 0.15) is 0 Å². The van der Waals surface area contributed by atoms with Crippen molar-refractivity contribution in [1.82, 2.24) is 0 Å². The van der Waals surface area contributed by atoms with Crippen LogP contribution in [0.25, 0.3) is 0 Å². The molecule has 0 unspecified atom stereocenters. The molecule has 0 radical (unpaired) electrons. The predicted molar refractivity (Wildman–Crippen MR) is 78.7 cm³/mol. The lowest BCUT2D eigenvalue weighted by Gasteiger charge is -2.28. The minimum absolute atomic E-state index is 0.707. The van der Waals surface area contributed by atoms with Crippen molar-refractivity contribution in [3.63, 3.8) is 0 Å². The Hall–Kier alpha value is -0.163. The number of allylic oxidation sites excluding steroid dienone is 1. The summed E-state index contributed by atoms with van der Waals surface area (Å²) in [4.78, 5) is 0. The van der Waals surface area contributed by atoms with Gasteiger partial charge in [0, 0.05) is 25.9 Å². The summed E-state index contributed by atoms with van der Waals surface area (Å²) >= 11 is 0. The molecular weight excluding hydrogens is 244 g/mol. The van der Waals surface area contributed by atoms with E-state index in [0.29, 0.717) is 12.7 Å². The highest BCUT2D eigenvalue weighted by atomic mass is 28.4. The average molecular weight is 274 g/mol. The lowest BCUT2D eigenvalue weighted by Crippen LogP contribution is -2.46. The molecule has 0 aliphatic heterocycles. The second-order valence-corrected chi connectivity index (χ2v) is 7.07. The summed E-state index contributed by atoms with van der Waals surface area (Å²) in [7, 11) is -2.51. The Morgan fingerprint density at radius 3 is 1.72 bits per heavy atom. The van der Waals surface area contributed by atoms with Gasteiger partial charge in [-0.1, -0.05) is 39.7 Å². The second-order valence-electron chi connectivity index (χ2n) is 4.43. The lowest BCUT2D eigenvalue weighted by molar-refractivity contribution is 0.0600. The van der Waals surface area contributed by atoms with E-state index >= 15 is 0 Å². The van der Waals surface area contributed by atoms with Crippen LogP contribution in [0.15, 0.2) is 12.7 Å². The maximum Gasteiger partial charge on any atom is 0.504 e. The molecule has 0 saturated heterocycles. The van der Waals surface area contributed by atoms with E-state index in [1.54, 1.807) is 0 Å². The van der Waals surface area contributed by atoms with E-state index < -0.39 is 8.80 Å². The average Bonchev–Trinajstić information content (AvgIpc) is 2.37. The van der Waals surface area contributed by atoms with Crippen LogP contribution < -0.4 is 0 Å². The first-order valence-corrected chi connectivity index (χ1v) is 9.20. The number of hydrogen-bond acceptors (Lipinski definition) is 3. The fraction of sp³-hybridized carbons (Fsp3) is 0.857. The first-order chi connectivity index (χ1) is 8.74. The maximum atomic E-state index is 5.98. The smallest absolute Gasteiger partial charge is 0.373 e. The summed E-state index contributed by atoms with van der Waals surface area (Å²) in [5, 5.41) is 0. The van der Waals surface area contributed by atoms with Crippen LogP contribution in [0.3, 0.4) is 0 Å². The van der Waals surface area contributed by atoms with Gasteiger partial charge in [0.05, 0.1) is 0 Å². The Kier molecular flexibility index (Phi) is 11.8. The Labute approximate surface area is 114 Å². The molecule has 0 aromatic carbocycles. The van der Waals surface area contributed by atoms with E-state index in [1.165, 1.54) is 0 Å². The van der Waals surface area contributed by atoms with E-state index in [4.69, 9.17) is 13.3 Å². The van der Waals surface area contributed by atoms with Gasteiger partial charge >= 0.3 is 8.80 Å². The third kappa shape index (κ3) is 8.03. The highest BCUT2D eigenvalue weighted by molar-refractivity contribution is 6.61. The molecule has 0 aromatic rings. The third-order valence-corrected chi connectivity index (χ3v) is 5.28. The molecule has 3 nitrogen and oxygen atoms in total. The Morgan fingerprint density at radius 2 is 1.33 bits per heavy atom. The molecule has 0 atom stereocenters. The number of hydrogen-bond donors (Lipinski definition) is 0. The summed E-state index contributed by atoms with van der Waals surface area (Å²) in [6, 6.07) is 0.709. The van der Waals surface area contributed by atoms with Crippen molar-refractivity contribution in [1.29, 1.82) is 0 Å². The van der Waals surface area contributed by atoms with Crippen LogP contribution in [0, 0.1) is 0 Å². The van der Waals surface area contributed by atoms with E-state index in [0.717, 1.165) is 45.3 Å². The van der Waals surface area contributed by atoms with Crippen LogP contribution in [0.2, 0.25) is 6.04 Å². The monoisotopic (exact) mass is 274 g/mol. The lowest BCUT2D eigenvalue weighted by atomic mass is 10.4. The van der Waals surface area contributed by atoms with Crippen LogP contribution in [-0.4, -0.2) is 28.6 Å². The highest BCUT2D eigenvalue weighted by Crippen LogP contribution is 2.18. The number of unbranched alkanes of at least 4 members (excludes halogenated alkanes) is 2. The zero-order valence-corrected chi connectivity index (χ0v) is 13.4. The van der Waals surface area contributed by atoms with Crippen molar-refractivity contribution < 1.29 is 13.3 Å². The first kappa shape index (κ1) is 17.8. The molecule has 0 bridgehead atoms. The molecule has 0 aliphatic rings. The van der Waals surface area contributed by atoms with Gasteiger partial charge in [0.15, 0.2) is 0 Å². The molecule has 0 spiro atoms. The summed E-state index contributed by atoms with van der Waals surface area (Å²) in [6.07, 6.45) is 7.21. The quantitative estimate of drug-likeness (QED) is 0.286. The molecule has 0 heterocycles.